The Morgan fingerprint density at radius 3 is 2.92 bits per heavy atom. The minimum atomic E-state index is 0.0926. The fourth-order valence-corrected chi connectivity index (χ4v) is 2.43. The van der Waals surface area contributed by atoms with Gasteiger partial charge < -0.3 is 0 Å². The lowest BCUT2D eigenvalue weighted by atomic mass is 9.73. The largest absolute Gasteiger partial charge is 0.291 e. The van der Waals surface area contributed by atoms with E-state index in [9.17, 15) is 4.79 Å². The van der Waals surface area contributed by atoms with E-state index in [0.717, 1.165) is 6.42 Å². The molecule has 0 aromatic heterocycles. The number of carbonyl (C=O) groups is 1. The molecule has 1 heterocycles. The van der Waals surface area contributed by atoms with Crippen molar-refractivity contribution in [3.63, 3.8) is 0 Å². The molecule has 1 spiro atoms. The van der Waals surface area contributed by atoms with Crippen molar-refractivity contribution in [1.82, 2.24) is 10.9 Å². The van der Waals surface area contributed by atoms with Crippen molar-refractivity contribution in [2.24, 2.45) is 5.92 Å². The van der Waals surface area contributed by atoms with Crippen LogP contribution in [0.25, 0.3) is 0 Å². The summed E-state index contributed by atoms with van der Waals surface area (Å²) < 4.78 is 0. The SMILES string of the molecule is C[C@H]1CCCC[C@@]12CC(=O)NN2. The number of hydrogen-bond donors (Lipinski definition) is 2. The Labute approximate surface area is 72.9 Å². The highest BCUT2D eigenvalue weighted by Gasteiger charge is 2.43. The molecule has 1 saturated carbocycles. The smallest absolute Gasteiger partial charge is 0.236 e. The van der Waals surface area contributed by atoms with Gasteiger partial charge in [0.25, 0.3) is 0 Å². The number of hydrazine groups is 1. The predicted molar refractivity (Wildman–Crippen MR) is 46.3 cm³/mol. The molecule has 2 aliphatic rings. The average Bonchev–Trinajstić information content (AvgIpc) is 2.41. The van der Waals surface area contributed by atoms with Crippen molar-refractivity contribution in [2.75, 3.05) is 0 Å². The van der Waals surface area contributed by atoms with Gasteiger partial charge in [-0.15, -0.1) is 0 Å². The van der Waals surface area contributed by atoms with E-state index >= 15 is 0 Å². The Bertz CT molecular complexity index is 205. The van der Waals surface area contributed by atoms with Crippen molar-refractivity contribution >= 4 is 5.91 Å². The van der Waals surface area contributed by atoms with Crippen molar-refractivity contribution in [1.29, 1.82) is 0 Å². The van der Waals surface area contributed by atoms with E-state index in [1.807, 2.05) is 0 Å². The third kappa shape index (κ3) is 1.12. The fraction of sp³-hybridized carbons (Fsp3) is 0.889. The monoisotopic (exact) mass is 168 g/mol. The number of nitrogens with one attached hydrogen (secondary N) is 2. The third-order valence-electron chi connectivity index (χ3n) is 3.38. The van der Waals surface area contributed by atoms with Gasteiger partial charge >= 0.3 is 0 Å². The van der Waals surface area contributed by atoms with Crippen LogP contribution in [0.4, 0.5) is 0 Å². The summed E-state index contributed by atoms with van der Waals surface area (Å²) in [5.74, 6) is 0.786. The fourth-order valence-electron chi connectivity index (χ4n) is 2.43. The van der Waals surface area contributed by atoms with Gasteiger partial charge in [-0.3, -0.25) is 10.2 Å². The summed E-state index contributed by atoms with van der Waals surface area (Å²) in [6.07, 6.45) is 5.65. The lowest BCUT2D eigenvalue weighted by Gasteiger charge is -2.38. The second-order valence-electron chi connectivity index (χ2n) is 4.15. The Hall–Kier alpha value is -0.570. The van der Waals surface area contributed by atoms with Crippen molar-refractivity contribution < 1.29 is 4.79 Å². The maximum atomic E-state index is 11.1. The molecule has 12 heavy (non-hydrogen) atoms. The molecular formula is C9H16N2O. The lowest BCUT2D eigenvalue weighted by molar-refractivity contribution is -0.119. The molecule has 1 aliphatic heterocycles. The van der Waals surface area contributed by atoms with Crippen LogP contribution < -0.4 is 10.9 Å². The second-order valence-corrected chi connectivity index (χ2v) is 4.15. The first kappa shape index (κ1) is 8.05. The number of hydrogen-bond acceptors (Lipinski definition) is 2. The Balaban J connectivity index is 2.12. The summed E-state index contributed by atoms with van der Waals surface area (Å²) in [5, 5.41) is 0. The van der Waals surface area contributed by atoms with Gasteiger partial charge in [0.1, 0.15) is 0 Å². The summed E-state index contributed by atoms with van der Waals surface area (Å²) >= 11 is 0. The predicted octanol–water partition coefficient (Wildman–Crippen LogP) is 0.960. The quantitative estimate of drug-likeness (QED) is 0.565. The van der Waals surface area contributed by atoms with Crippen molar-refractivity contribution in [3.05, 3.63) is 0 Å². The van der Waals surface area contributed by atoms with E-state index in [1.54, 1.807) is 0 Å². The summed E-state index contributed by atoms with van der Waals surface area (Å²) in [7, 11) is 0. The van der Waals surface area contributed by atoms with E-state index < -0.39 is 0 Å². The second kappa shape index (κ2) is 2.73. The van der Waals surface area contributed by atoms with Gasteiger partial charge in [0.05, 0.1) is 0 Å². The first-order valence-corrected chi connectivity index (χ1v) is 4.79. The standard InChI is InChI=1S/C9H16N2O/c1-7-4-2-3-5-9(7)6-8(12)10-11-9/h7,11H,2-6H2,1H3,(H,10,12)/t7-,9+/m0/s1. The molecule has 1 saturated heterocycles. The van der Waals surface area contributed by atoms with Gasteiger partial charge in [-0.1, -0.05) is 19.8 Å². The Morgan fingerprint density at radius 2 is 2.33 bits per heavy atom. The molecule has 68 valence electrons. The van der Waals surface area contributed by atoms with Gasteiger partial charge in [0.15, 0.2) is 0 Å². The third-order valence-corrected chi connectivity index (χ3v) is 3.38. The molecule has 1 amide bonds. The number of amides is 1. The molecular weight excluding hydrogens is 152 g/mol. The molecule has 0 unspecified atom stereocenters. The van der Waals surface area contributed by atoms with E-state index in [2.05, 4.69) is 17.8 Å². The molecule has 2 N–H and O–H groups in total. The number of rotatable bonds is 0. The maximum Gasteiger partial charge on any atom is 0.236 e. The Kier molecular flexibility index (Phi) is 1.83. The molecule has 3 nitrogen and oxygen atoms in total. The van der Waals surface area contributed by atoms with Crippen LogP contribution in [0.3, 0.4) is 0 Å². The highest BCUT2D eigenvalue weighted by atomic mass is 16.2. The van der Waals surface area contributed by atoms with Crippen LogP contribution in [0.5, 0.6) is 0 Å². The summed E-state index contributed by atoms with van der Waals surface area (Å²) in [4.78, 5) is 11.1. The summed E-state index contributed by atoms with van der Waals surface area (Å²) in [5.41, 5.74) is 5.99. The summed E-state index contributed by atoms with van der Waals surface area (Å²) in [6, 6.07) is 0. The van der Waals surface area contributed by atoms with E-state index in [0.29, 0.717) is 12.3 Å². The van der Waals surface area contributed by atoms with Gasteiger partial charge in [-0.2, -0.15) is 0 Å². The van der Waals surface area contributed by atoms with Crippen LogP contribution in [-0.4, -0.2) is 11.4 Å². The zero-order valence-electron chi connectivity index (χ0n) is 7.52. The van der Waals surface area contributed by atoms with Crippen LogP contribution >= 0.6 is 0 Å². The highest BCUT2D eigenvalue weighted by Crippen LogP contribution is 2.37. The molecule has 2 atom stereocenters. The van der Waals surface area contributed by atoms with Gasteiger partial charge in [0, 0.05) is 12.0 Å². The van der Waals surface area contributed by atoms with Crippen LogP contribution in [-0.2, 0) is 4.79 Å². The topological polar surface area (TPSA) is 41.1 Å². The van der Waals surface area contributed by atoms with Crippen LogP contribution in [0.15, 0.2) is 0 Å². The maximum absolute atomic E-state index is 11.1. The summed E-state index contributed by atoms with van der Waals surface area (Å²) in [6.45, 7) is 2.24. The first-order valence-electron chi connectivity index (χ1n) is 4.79. The highest BCUT2D eigenvalue weighted by molar-refractivity contribution is 5.79. The van der Waals surface area contributed by atoms with E-state index in [4.69, 9.17) is 0 Å². The molecule has 1 aliphatic carbocycles. The minimum Gasteiger partial charge on any atom is -0.291 e. The van der Waals surface area contributed by atoms with Crippen LogP contribution in [0, 0.1) is 5.92 Å². The normalized spacial score (nSPS) is 41.8. The molecule has 2 rings (SSSR count). The molecule has 2 fully saturated rings. The first-order chi connectivity index (χ1) is 5.73. The zero-order valence-corrected chi connectivity index (χ0v) is 7.52. The zero-order chi connectivity index (χ0) is 8.60. The lowest BCUT2D eigenvalue weighted by Crippen LogP contribution is -2.50. The van der Waals surface area contributed by atoms with E-state index in [-0.39, 0.29) is 11.4 Å². The molecule has 0 bridgehead atoms. The van der Waals surface area contributed by atoms with Gasteiger partial charge in [-0.25, -0.2) is 5.43 Å². The van der Waals surface area contributed by atoms with Crippen LogP contribution in [0.1, 0.15) is 39.0 Å². The molecule has 0 radical (unpaired) electrons. The minimum absolute atomic E-state index is 0.0926. The Morgan fingerprint density at radius 1 is 1.50 bits per heavy atom. The van der Waals surface area contributed by atoms with Gasteiger partial charge in [0.2, 0.25) is 5.91 Å². The van der Waals surface area contributed by atoms with Crippen LogP contribution in [0.2, 0.25) is 0 Å². The molecule has 0 aromatic rings. The van der Waals surface area contributed by atoms with Gasteiger partial charge in [-0.05, 0) is 18.8 Å². The molecule has 0 aromatic carbocycles. The molecule has 3 heteroatoms. The van der Waals surface area contributed by atoms with Crippen molar-refractivity contribution in [2.45, 2.75) is 44.6 Å². The van der Waals surface area contributed by atoms with Crippen molar-refractivity contribution in [3.8, 4) is 0 Å². The number of carbonyl (C=O) groups excluding carboxylic acids is 1. The van der Waals surface area contributed by atoms with E-state index in [1.165, 1.54) is 19.3 Å². The average molecular weight is 168 g/mol.